The van der Waals surface area contributed by atoms with Crippen LogP contribution in [0.15, 0.2) is 77.5 Å². The zero-order chi connectivity index (χ0) is 24.4. The lowest BCUT2D eigenvalue weighted by Crippen LogP contribution is -2.32. The molecule has 0 unspecified atom stereocenters. The average molecular weight is 476 g/mol. The van der Waals surface area contributed by atoms with Crippen LogP contribution in [0.2, 0.25) is 0 Å². The van der Waals surface area contributed by atoms with E-state index in [9.17, 15) is 14.4 Å². The first-order chi connectivity index (χ1) is 16.3. The summed E-state index contributed by atoms with van der Waals surface area (Å²) in [7, 11) is 1.55. The molecule has 0 saturated carbocycles. The molecule has 34 heavy (non-hydrogen) atoms. The van der Waals surface area contributed by atoms with Gasteiger partial charge in [-0.25, -0.2) is 4.90 Å². The molecule has 0 fully saturated rings. The molecule has 1 heterocycles. The largest absolute Gasteiger partial charge is 0.497 e. The third kappa shape index (κ3) is 4.51. The molecule has 0 radical (unpaired) electrons. The lowest BCUT2D eigenvalue weighted by molar-refractivity contribution is -0.120. The monoisotopic (exact) mass is 475 g/mol. The van der Waals surface area contributed by atoms with Crippen LogP contribution < -0.4 is 20.3 Å². The van der Waals surface area contributed by atoms with E-state index < -0.39 is 11.8 Å². The van der Waals surface area contributed by atoms with Crippen LogP contribution in [0.25, 0.3) is 0 Å². The number of amides is 3. The predicted molar refractivity (Wildman–Crippen MR) is 132 cm³/mol. The van der Waals surface area contributed by atoms with Crippen molar-refractivity contribution in [3.8, 4) is 5.75 Å². The Balaban J connectivity index is 1.57. The first-order valence-electron chi connectivity index (χ1n) is 10.5. The number of anilines is 3. The Morgan fingerprint density at radius 3 is 2.38 bits per heavy atom. The number of nitrogens with zero attached hydrogens (tertiary/aromatic N) is 1. The van der Waals surface area contributed by atoms with Crippen LogP contribution in [0.4, 0.5) is 17.1 Å². The van der Waals surface area contributed by atoms with Crippen LogP contribution in [0.3, 0.4) is 0 Å². The summed E-state index contributed by atoms with van der Waals surface area (Å²) < 4.78 is 5.18. The van der Waals surface area contributed by atoms with Gasteiger partial charge in [-0.15, -0.1) is 0 Å². The van der Waals surface area contributed by atoms with Crippen LogP contribution in [0.5, 0.6) is 5.75 Å². The Morgan fingerprint density at radius 1 is 0.941 bits per heavy atom. The lowest BCUT2D eigenvalue weighted by Gasteiger charge is -2.16. The van der Waals surface area contributed by atoms with Crippen LogP contribution >= 0.6 is 11.6 Å². The summed E-state index contributed by atoms with van der Waals surface area (Å²) in [6.07, 6.45) is 0. The fourth-order valence-electron chi connectivity index (χ4n) is 3.48. The Hall–Kier alpha value is -4.10. The molecule has 172 valence electrons. The maximum Gasteiger partial charge on any atom is 0.283 e. The minimum absolute atomic E-state index is 0.0410. The van der Waals surface area contributed by atoms with Crippen LogP contribution in [-0.4, -0.2) is 24.8 Å². The molecule has 3 aromatic rings. The van der Waals surface area contributed by atoms with Crippen molar-refractivity contribution in [2.24, 2.45) is 0 Å². The lowest BCUT2D eigenvalue weighted by atomic mass is 10.1. The summed E-state index contributed by atoms with van der Waals surface area (Å²) in [4.78, 5) is 39.6. The Labute approximate surface area is 202 Å². The molecule has 4 rings (SSSR count). The van der Waals surface area contributed by atoms with Gasteiger partial charge in [-0.1, -0.05) is 41.4 Å². The normalized spacial score (nSPS) is 13.4. The van der Waals surface area contributed by atoms with Crippen LogP contribution in [0, 0.1) is 13.8 Å². The average Bonchev–Trinajstić information content (AvgIpc) is 3.04. The van der Waals surface area contributed by atoms with E-state index in [1.807, 2.05) is 26.0 Å². The van der Waals surface area contributed by atoms with Gasteiger partial charge in [0.2, 0.25) is 0 Å². The van der Waals surface area contributed by atoms with Crippen molar-refractivity contribution in [3.63, 3.8) is 0 Å². The number of ether oxygens (including phenoxy) is 1. The Kier molecular flexibility index (Phi) is 6.38. The van der Waals surface area contributed by atoms with Gasteiger partial charge in [0.1, 0.15) is 16.5 Å². The zero-order valence-electron chi connectivity index (χ0n) is 18.8. The van der Waals surface area contributed by atoms with E-state index in [2.05, 4.69) is 10.6 Å². The van der Waals surface area contributed by atoms with Crippen molar-refractivity contribution in [2.75, 3.05) is 22.6 Å². The first-order valence-corrected chi connectivity index (χ1v) is 10.8. The van der Waals surface area contributed by atoms with Crippen molar-refractivity contribution >= 4 is 46.4 Å². The molecular formula is C26H22ClN3O4. The number of carbonyl (C=O) groups is 3. The molecule has 3 amide bonds. The number of rotatable bonds is 6. The number of aryl methyl sites for hydroxylation is 2. The molecule has 0 atom stereocenters. The van der Waals surface area contributed by atoms with Gasteiger partial charge in [-0.05, 0) is 55.8 Å². The van der Waals surface area contributed by atoms with E-state index in [1.54, 1.807) is 61.7 Å². The van der Waals surface area contributed by atoms with Crippen molar-refractivity contribution in [1.82, 2.24) is 0 Å². The van der Waals surface area contributed by atoms with Gasteiger partial charge < -0.3 is 15.4 Å². The van der Waals surface area contributed by atoms with Crippen molar-refractivity contribution in [3.05, 3.63) is 94.1 Å². The highest BCUT2D eigenvalue weighted by Gasteiger charge is 2.39. The predicted octanol–water partition coefficient (Wildman–Crippen LogP) is 5.00. The van der Waals surface area contributed by atoms with Gasteiger partial charge in [0.25, 0.3) is 17.7 Å². The number of hydrogen-bond acceptors (Lipinski definition) is 5. The smallest absolute Gasteiger partial charge is 0.283 e. The molecule has 8 heteroatoms. The van der Waals surface area contributed by atoms with Gasteiger partial charge in [-0.2, -0.15) is 0 Å². The number of carbonyl (C=O) groups excluding carboxylic acids is 3. The summed E-state index contributed by atoms with van der Waals surface area (Å²) in [5, 5.41) is 5.57. The number of hydrogen-bond donors (Lipinski definition) is 2. The van der Waals surface area contributed by atoms with E-state index in [0.717, 1.165) is 16.0 Å². The summed E-state index contributed by atoms with van der Waals surface area (Å²) in [5.41, 5.74) is 3.58. The first kappa shape index (κ1) is 23.1. The summed E-state index contributed by atoms with van der Waals surface area (Å²) in [6.45, 7) is 3.73. The van der Waals surface area contributed by atoms with E-state index in [-0.39, 0.29) is 16.6 Å². The molecule has 3 aromatic carbocycles. The molecular weight excluding hydrogens is 454 g/mol. The molecule has 7 nitrogen and oxygen atoms in total. The minimum Gasteiger partial charge on any atom is -0.497 e. The second-order valence-corrected chi connectivity index (χ2v) is 8.19. The zero-order valence-corrected chi connectivity index (χ0v) is 19.6. The molecule has 0 spiro atoms. The number of benzene rings is 3. The standard InChI is InChI=1S/C26H22ClN3O4/c1-15-7-11-19(12-8-15)30-25(32)22(27)23(26(30)33)29-21-13-17(10-9-16(21)2)24(31)28-18-5-4-6-20(14-18)34-3/h4-14,29H,1-3H3,(H,28,31). The highest BCUT2D eigenvalue weighted by Crippen LogP contribution is 2.31. The van der Waals surface area contributed by atoms with Crippen molar-refractivity contribution < 1.29 is 19.1 Å². The molecule has 0 saturated heterocycles. The van der Waals surface area contributed by atoms with E-state index in [0.29, 0.717) is 28.4 Å². The van der Waals surface area contributed by atoms with Gasteiger partial charge in [0.15, 0.2) is 0 Å². The van der Waals surface area contributed by atoms with Gasteiger partial charge in [0, 0.05) is 23.0 Å². The second-order valence-electron chi connectivity index (χ2n) is 7.81. The van der Waals surface area contributed by atoms with Crippen LogP contribution in [0.1, 0.15) is 21.5 Å². The van der Waals surface area contributed by atoms with E-state index in [1.165, 1.54) is 0 Å². The highest BCUT2D eigenvalue weighted by atomic mass is 35.5. The molecule has 0 aliphatic carbocycles. The highest BCUT2D eigenvalue weighted by molar-refractivity contribution is 6.53. The van der Waals surface area contributed by atoms with E-state index in [4.69, 9.17) is 16.3 Å². The van der Waals surface area contributed by atoms with Crippen LogP contribution in [-0.2, 0) is 9.59 Å². The molecule has 0 bridgehead atoms. The Bertz CT molecular complexity index is 1330. The number of nitrogens with one attached hydrogen (secondary N) is 2. The number of halogens is 1. The third-order valence-corrected chi connectivity index (χ3v) is 5.76. The fourth-order valence-corrected chi connectivity index (χ4v) is 3.69. The maximum atomic E-state index is 13.1. The summed E-state index contributed by atoms with van der Waals surface area (Å²) in [5.74, 6) is -0.897. The molecule has 2 N–H and O–H groups in total. The second kappa shape index (κ2) is 9.41. The maximum absolute atomic E-state index is 13.1. The summed E-state index contributed by atoms with van der Waals surface area (Å²) >= 11 is 6.25. The summed E-state index contributed by atoms with van der Waals surface area (Å²) in [6, 6.07) is 19.0. The van der Waals surface area contributed by atoms with E-state index >= 15 is 0 Å². The SMILES string of the molecule is COc1cccc(NC(=O)c2ccc(C)c(NC3=C(Cl)C(=O)N(c4ccc(C)cc4)C3=O)c2)c1. The number of imide groups is 1. The molecule has 1 aliphatic rings. The van der Waals surface area contributed by atoms with Crippen molar-refractivity contribution in [2.45, 2.75) is 13.8 Å². The topological polar surface area (TPSA) is 87.7 Å². The van der Waals surface area contributed by atoms with Crippen molar-refractivity contribution in [1.29, 1.82) is 0 Å². The molecule has 1 aliphatic heterocycles. The van der Waals surface area contributed by atoms with Gasteiger partial charge in [-0.3, -0.25) is 14.4 Å². The number of methoxy groups -OCH3 is 1. The third-order valence-electron chi connectivity index (χ3n) is 5.41. The minimum atomic E-state index is -0.609. The fraction of sp³-hybridized carbons (Fsp3) is 0.115. The Morgan fingerprint density at radius 2 is 1.68 bits per heavy atom. The van der Waals surface area contributed by atoms with Gasteiger partial charge in [0.05, 0.1) is 12.8 Å². The van der Waals surface area contributed by atoms with Gasteiger partial charge >= 0.3 is 0 Å². The molecule has 0 aromatic heterocycles. The quantitative estimate of drug-likeness (QED) is 0.490.